The molecule has 3 nitrogen and oxygen atoms in total. The molecule has 1 aromatic heterocycles. The van der Waals surface area contributed by atoms with Crippen LogP contribution in [0.25, 0.3) is 17.5 Å². The van der Waals surface area contributed by atoms with Crippen molar-refractivity contribution in [2.24, 2.45) is 0 Å². The molecule has 0 aliphatic carbocycles. The highest BCUT2D eigenvalue weighted by atomic mass is 35.6. The van der Waals surface area contributed by atoms with Crippen LogP contribution in [-0.2, 0) is 3.79 Å². The molecule has 1 heterocycles. The van der Waals surface area contributed by atoms with E-state index in [0.29, 0.717) is 17.3 Å². The van der Waals surface area contributed by atoms with Crippen molar-refractivity contribution in [2.45, 2.75) is 3.79 Å². The van der Waals surface area contributed by atoms with Crippen LogP contribution in [0.4, 0.5) is 0 Å². The zero-order chi connectivity index (χ0) is 14.0. The van der Waals surface area contributed by atoms with E-state index in [9.17, 15) is 0 Å². The number of nitrogens with one attached hydrogen (secondary N) is 1. The average molecular weight is 318 g/mol. The normalized spacial score (nSPS) is 11.4. The lowest BCUT2D eigenvalue weighted by Gasteiger charge is -2.08. The summed E-state index contributed by atoms with van der Waals surface area (Å²) in [6.45, 7) is 3.77. The Balaban J connectivity index is 2.51. The number of methoxy groups -OCH3 is 1. The van der Waals surface area contributed by atoms with Crippen molar-refractivity contribution >= 4 is 40.9 Å². The summed E-state index contributed by atoms with van der Waals surface area (Å²) in [5, 5.41) is 0. The number of alkyl halides is 3. The van der Waals surface area contributed by atoms with Crippen LogP contribution in [0.15, 0.2) is 31.0 Å². The van der Waals surface area contributed by atoms with E-state index in [2.05, 4.69) is 16.5 Å². The van der Waals surface area contributed by atoms with Gasteiger partial charge in [0, 0.05) is 5.56 Å². The van der Waals surface area contributed by atoms with Gasteiger partial charge in [0.15, 0.2) is 0 Å². The lowest BCUT2D eigenvalue weighted by Crippen LogP contribution is -2.00. The lowest BCUT2D eigenvalue weighted by atomic mass is 10.1. The highest BCUT2D eigenvalue weighted by molar-refractivity contribution is 6.66. The van der Waals surface area contributed by atoms with Gasteiger partial charge in [0.25, 0.3) is 0 Å². The van der Waals surface area contributed by atoms with Gasteiger partial charge in [-0.25, -0.2) is 4.98 Å². The van der Waals surface area contributed by atoms with Crippen LogP contribution >= 0.6 is 34.8 Å². The summed E-state index contributed by atoms with van der Waals surface area (Å²) in [5.74, 6) is 1.31. The smallest absolute Gasteiger partial charge is 0.232 e. The molecule has 0 aliphatic rings. The van der Waals surface area contributed by atoms with Crippen molar-refractivity contribution < 1.29 is 4.74 Å². The van der Waals surface area contributed by atoms with Crippen LogP contribution < -0.4 is 4.74 Å². The van der Waals surface area contributed by atoms with E-state index in [4.69, 9.17) is 39.5 Å². The number of benzene rings is 1. The Morgan fingerprint density at radius 1 is 1.37 bits per heavy atom. The van der Waals surface area contributed by atoms with Crippen LogP contribution in [0.3, 0.4) is 0 Å². The monoisotopic (exact) mass is 316 g/mol. The number of hydrogen-bond acceptors (Lipinski definition) is 2. The molecule has 0 saturated heterocycles. The maximum Gasteiger partial charge on any atom is 0.232 e. The highest BCUT2D eigenvalue weighted by Crippen LogP contribution is 2.38. The Bertz CT molecular complexity index is 602. The molecule has 0 spiro atoms. The number of rotatable bonds is 3. The first-order chi connectivity index (χ1) is 8.95. The summed E-state index contributed by atoms with van der Waals surface area (Å²) in [5.41, 5.74) is 2.14. The molecule has 1 N–H and O–H groups in total. The Kier molecular flexibility index (Phi) is 4.09. The summed E-state index contributed by atoms with van der Waals surface area (Å²) in [7, 11) is 1.60. The molecule has 0 bridgehead atoms. The van der Waals surface area contributed by atoms with Crippen molar-refractivity contribution in [2.75, 3.05) is 7.11 Å². The quantitative estimate of drug-likeness (QED) is 0.843. The molecule has 2 rings (SSSR count). The predicted molar refractivity (Wildman–Crippen MR) is 79.9 cm³/mol. The molecule has 19 heavy (non-hydrogen) atoms. The van der Waals surface area contributed by atoms with Crippen molar-refractivity contribution in [1.29, 1.82) is 0 Å². The lowest BCUT2D eigenvalue weighted by molar-refractivity contribution is 0.415. The molecular formula is C13H11Cl3N2O. The third-order valence-corrected chi connectivity index (χ3v) is 3.23. The number of hydrogen-bond donors (Lipinski definition) is 1. The summed E-state index contributed by atoms with van der Waals surface area (Å²) < 4.78 is 3.67. The van der Waals surface area contributed by atoms with E-state index in [1.807, 2.05) is 18.2 Å². The van der Waals surface area contributed by atoms with Crippen molar-refractivity contribution in [3.8, 4) is 17.1 Å². The van der Waals surface area contributed by atoms with Gasteiger partial charge in [0.05, 0.1) is 19.0 Å². The summed E-state index contributed by atoms with van der Waals surface area (Å²) in [6.07, 6.45) is 3.22. The fraction of sp³-hybridized carbons (Fsp3) is 0.154. The fourth-order valence-corrected chi connectivity index (χ4v) is 1.94. The van der Waals surface area contributed by atoms with Crippen molar-refractivity contribution in [1.82, 2.24) is 9.97 Å². The van der Waals surface area contributed by atoms with Crippen LogP contribution in [-0.4, -0.2) is 17.1 Å². The van der Waals surface area contributed by atoms with Crippen LogP contribution in [0.1, 0.15) is 11.3 Å². The minimum absolute atomic E-state index is 0.408. The van der Waals surface area contributed by atoms with Gasteiger partial charge in [0.1, 0.15) is 11.6 Å². The van der Waals surface area contributed by atoms with Gasteiger partial charge in [-0.05, 0) is 17.7 Å². The fourth-order valence-electron chi connectivity index (χ4n) is 1.65. The summed E-state index contributed by atoms with van der Waals surface area (Å²) in [6, 6.07) is 5.58. The second-order valence-corrected chi connectivity index (χ2v) is 6.08. The molecule has 0 fully saturated rings. The third-order valence-electron chi connectivity index (χ3n) is 2.62. The van der Waals surface area contributed by atoms with Gasteiger partial charge in [-0.2, -0.15) is 0 Å². The SMILES string of the molecule is C=Cc1ccc(OC)cc1-c1ncc(C(Cl)(Cl)Cl)[nH]1. The first-order valence-electron chi connectivity index (χ1n) is 5.38. The number of nitrogens with zero attached hydrogens (tertiary/aromatic N) is 1. The molecule has 2 aromatic rings. The first kappa shape index (κ1) is 14.3. The Morgan fingerprint density at radius 2 is 2.11 bits per heavy atom. The number of halogens is 3. The van der Waals surface area contributed by atoms with Gasteiger partial charge in [-0.15, -0.1) is 0 Å². The molecular weight excluding hydrogens is 307 g/mol. The van der Waals surface area contributed by atoms with Gasteiger partial charge >= 0.3 is 0 Å². The molecule has 0 aliphatic heterocycles. The minimum atomic E-state index is -1.53. The minimum Gasteiger partial charge on any atom is -0.497 e. The Hall–Kier alpha value is -1.16. The largest absolute Gasteiger partial charge is 0.497 e. The van der Waals surface area contributed by atoms with Crippen LogP contribution in [0.2, 0.25) is 0 Å². The predicted octanol–water partition coefficient (Wildman–Crippen LogP) is 4.56. The maximum absolute atomic E-state index is 5.81. The van der Waals surface area contributed by atoms with Gasteiger partial charge in [-0.3, -0.25) is 0 Å². The zero-order valence-corrected chi connectivity index (χ0v) is 12.4. The molecule has 0 saturated carbocycles. The van der Waals surface area contributed by atoms with Gasteiger partial charge in [-0.1, -0.05) is 53.5 Å². The van der Waals surface area contributed by atoms with Gasteiger partial charge < -0.3 is 9.72 Å². The average Bonchev–Trinajstić information content (AvgIpc) is 2.87. The standard InChI is InChI=1S/C13H11Cl3N2O/c1-3-8-4-5-9(19-2)6-10(8)12-17-7-11(18-12)13(14,15)16/h3-7H,1H2,2H3,(H,17,18). The first-order valence-corrected chi connectivity index (χ1v) is 6.52. The Labute approximate surface area is 126 Å². The second kappa shape index (κ2) is 5.45. The number of aromatic amines is 1. The Morgan fingerprint density at radius 3 is 2.63 bits per heavy atom. The van der Waals surface area contributed by atoms with Gasteiger partial charge in [0.2, 0.25) is 3.79 Å². The topological polar surface area (TPSA) is 37.9 Å². The molecule has 0 radical (unpaired) electrons. The number of imidazole rings is 1. The van der Waals surface area contributed by atoms with E-state index >= 15 is 0 Å². The summed E-state index contributed by atoms with van der Waals surface area (Å²) in [4.78, 5) is 7.21. The molecule has 0 amide bonds. The maximum atomic E-state index is 5.81. The molecule has 6 heteroatoms. The van der Waals surface area contributed by atoms with Crippen molar-refractivity contribution in [3.63, 3.8) is 0 Å². The van der Waals surface area contributed by atoms with E-state index in [1.165, 1.54) is 6.20 Å². The number of H-pyrrole nitrogens is 1. The number of aromatic nitrogens is 2. The molecule has 0 atom stereocenters. The van der Waals surface area contributed by atoms with E-state index < -0.39 is 3.79 Å². The molecule has 100 valence electrons. The zero-order valence-electron chi connectivity index (χ0n) is 10.1. The van der Waals surface area contributed by atoms with Crippen molar-refractivity contribution in [3.05, 3.63) is 42.2 Å². The summed E-state index contributed by atoms with van der Waals surface area (Å²) >= 11 is 17.4. The van der Waals surface area contributed by atoms with E-state index in [-0.39, 0.29) is 0 Å². The van der Waals surface area contributed by atoms with Crippen LogP contribution in [0.5, 0.6) is 5.75 Å². The molecule has 0 unspecified atom stereocenters. The second-order valence-electron chi connectivity index (χ2n) is 3.80. The third kappa shape index (κ3) is 3.06. The molecule has 1 aromatic carbocycles. The number of ether oxygens (including phenoxy) is 1. The highest BCUT2D eigenvalue weighted by Gasteiger charge is 2.25. The van der Waals surface area contributed by atoms with Crippen LogP contribution in [0, 0.1) is 0 Å². The van der Waals surface area contributed by atoms with E-state index in [0.717, 1.165) is 11.1 Å². The van der Waals surface area contributed by atoms with E-state index in [1.54, 1.807) is 13.2 Å².